The van der Waals surface area contributed by atoms with Gasteiger partial charge in [0.1, 0.15) is 6.04 Å². The number of nitrogens with zero attached hydrogens (tertiary/aromatic N) is 5. The number of hydrazine groups is 1. The first-order valence-electron chi connectivity index (χ1n) is 10.9. The molecule has 1 aliphatic carbocycles. The van der Waals surface area contributed by atoms with Crippen LogP contribution < -0.4 is 5.43 Å². The predicted molar refractivity (Wildman–Crippen MR) is 134 cm³/mol. The third-order valence-corrected chi connectivity index (χ3v) is 7.43. The zero-order valence-corrected chi connectivity index (χ0v) is 20.7. The normalized spacial score (nSPS) is 18.9. The van der Waals surface area contributed by atoms with E-state index >= 15 is 0 Å². The third kappa shape index (κ3) is 4.71. The van der Waals surface area contributed by atoms with Crippen LogP contribution in [0.5, 0.6) is 0 Å². The van der Waals surface area contributed by atoms with E-state index in [2.05, 4.69) is 27.0 Å². The Morgan fingerprint density at radius 2 is 1.82 bits per heavy atom. The zero-order chi connectivity index (χ0) is 23.7. The van der Waals surface area contributed by atoms with Gasteiger partial charge in [0.15, 0.2) is 0 Å². The number of carbonyl (C=O) groups excluding carboxylic acids is 1. The van der Waals surface area contributed by atoms with Crippen molar-refractivity contribution in [3.05, 3.63) is 86.5 Å². The highest BCUT2D eigenvalue weighted by Gasteiger charge is 2.39. The van der Waals surface area contributed by atoms with E-state index < -0.39 is 0 Å². The van der Waals surface area contributed by atoms with Crippen LogP contribution in [0.2, 0.25) is 10.0 Å². The number of carbonyl (C=O) groups is 1. The molecule has 3 aromatic rings. The molecule has 1 aromatic heterocycles. The van der Waals surface area contributed by atoms with Gasteiger partial charge in [-0.1, -0.05) is 59.2 Å². The summed E-state index contributed by atoms with van der Waals surface area (Å²) in [6, 6.07) is 15.3. The van der Waals surface area contributed by atoms with Crippen LogP contribution in [0.25, 0.3) is 6.08 Å². The molecule has 5 rings (SSSR count). The fraction of sp³-hybridized carbons (Fsp3) is 0.250. The average molecular weight is 513 g/mol. The van der Waals surface area contributed by atoms with Gasteiger partial charge in [0.2, 0.25) is 5.16 Å². The number of amides is 1. The van der Waals surface area contributed by atoms with E-state index in [0.29, 0.717) is 15.2 Å². The highest BCUT2D eigenvalue weighted by Crippen LogP contribution is 2.44. The van der Waals surface area contributed by atoms with E-state index in [0.717, 1.165) is 36.1 Å². The molecule has 174 valence electrons. The standard InChI is InChI=1S/C24H22Cl2N6OS/c1-31-24(27-29-30-31)34-14-21(33)32-23(16-7-11-19(26)12-8-16)20-4-2-3-17(22(20)28-32)13-15-5-9-18(25)10-6-15/h5-13,23,28H,2-4,14H2,1H3/t23-/m0/s1. The molecule has 0 fully saturated rings. The predicted octanol–water partition coefficient (Wildman–Crippen LogP) is 5.22. The van der Waals surface area contributed by atoms with Crippen LogP contribution in [-0.2, 0) is 11.8 Å². The molecular formula is C24H22Cl2N6OS. The second-order valence-electron chi connectivity index (χ2n) is 8.18. The van der Waals surface area contributed by atoms with Gasteiger partial charge in [-0.3, -0.25) is 10.2 Å². The molecule has 34 heavy (non-hydrogen) atoms. The first kappa shape index (κ1) is 23.0. The Bertz CT molecular complexity index is 1270. The third-order valence-electron chi connectivity index (χ3n) is 5.93. The van der Waals surface area contributed by atoms with Gasteiger partial charge in [0.05, 0.1) is 11.4 Å². The van der Waals surface area contributed by atoms with Crippen LogP contribution in [0.4, 0.5) is 0 Å². The molecule has 7 nitrogen and oxygen atoms in total. The summed E-state index contributed by atoms with van der Waals surface area (Å²) in [5.74, 6) is 0.162. The molecular weight excluding hydrogens is 491 g/mol. The average Bonchev–Trinajstić information content (AvgIpc) is 3.43. The first-order chi connectivity index (χ1) is 16.5. The summed E-state index contributed by atoms with van der Waals surface area (Å²) in [6.45, 7) is 0. The Kier molecular flexibility index (Phi) is 6.63. The molecule has 0 saturated carbocycles. The van der Waals surface area contributed by atoms with E-state index in [1.54, 1.807) is 16.7 Å². The van der Waals surface area contributed by atoms with Crippen molar-refractivity contribution in [2.24, 2.45) is 7.05 Å². The minimum atomic E-state index is -0.202. The first-order valence-corrected chi connectivity index (χ1v) is 12.6. The number of halogens is 2. The molecule has 1 N–H and O–H groups in total. The highest BCUT2D eigenvalue weighted by molar-refractivity contribution is 7.99. The number of aryl methyl sites for hydroxylation is 1. The van der Waals surface area contributed by atoms with Gasteiger partial charge in [-0.2, -0.15) is 0 Å². The Morgan fingerprint density at radius 3 is 2.50 bits per heavy atom. The lowest BCUT2D eigenvalue weighted by Crippen LogP contribution is -2.41. The molecule has 0 spiro atoms. The molecule has 2 heterocycles. The number of tetrazole rings is 1. The molecule has 1 atom stereocenters. The lowest BCUT2D eigenvalue weighted by molar-refractivity contribution is -0.131. The number of rotatable bonds is 5. The van der Waals surface area contributed by atoms with Gasteiger partial charge in [0, 0.05) is 17.1 Å². The maximum absolute atomic E-state index is 13.4. The van der Waals surface area contributed by atoms with E-state index in [1.165, 1.54) is 22.9 Å². The maximum atomic E-state index is 13.4. The van der Waals surface area contributed by atoms with Crippen LogP contribution in [0.3, 0.4) is 0 Å². The van der Waals surface area contributed by atoms with Crippen molar-refractivity contribution in [2.75, 3.05) is 5.75 Å². The van der Waals surface area contributed by atoms with Crippen molar-refractivity contribution in [2.45, 2.75) is 30.5 Å². The van der Waals surface area contributed by atoms with Crippen LogP contribution in [0, 0.1) is 0 Å². The summed E-state index contributed by atoms with van der Waals surface area (Å²) < 4.78 is 1.56. The fourth-order valence-electron chi connectivity index (χ4n) is 4.33. The van der Waals surface area contributed by atoms with Gasteiger partial charge in [-0.15, -0.1) is 5.10 Å². The van der Waals surface area contributed by atoms with Crippen molar-refractivity contribution < 1.29 is 4.79 Å². The van der Waals surface area contributed by atoms with Gasteiger partial charge in [-0.05, 0) is 82.3 Å². The molecule has 0 unspecified atom stereocenters. The molecule has 10 heteroatoms. The molecule has 0 radical (unpaired) electrons. The van der Waals surface area contributed by atoms with Crippen LogP contribution in [0.15, 0.2) is 70.5 Å². The van der Waals surface area contributed by atoms with E-state index in [1.807, 2.05) is 48.5 Å². The molecule has 2 aromatic carbocycles. The van der Waals surface area contributed by atoms with Crippen molar-refractivity contribution >= 4 is 46.9 Å². The van der Waals surface area contributed by atoms with E-state index in [9.17, 15) is 4.79 Å². The summed E-state index contributed by atoms with van der Waals surface area (Å²) >= 11 is 13.5. The minimum Gasteiger partial charge on any atom is -0.295 e. The van der Waals surface area contributed by atoms with Gasteiger partial charge in [-0.25, -0.2) is 9.69 Å². The quantitative estimate of drug-likeness (QED) is 0.472. The summed E-state index contributed by atoms with van der Waals surface area (Å²) in [4.78, 5) is 13.4. The van der Waals surface area contributed by atoms with Gasteiger partial charge >= 0.3 is 0 Å². The number of thioether (sulfide) groups is 1. The molecule has 1 amide bonds. The number of nitrogens with one attached hydrogen (secondary N) is 1. The molecule has 1 aliphatic heterocycles. The largest absolute Gasteiger partial charge is 0.295 e. The number of aromatic nitrogens is 4. The Hall–Kier alpha value is -2.81. The topological polar surface area (TPSA) is 75.9 Å². The SMILES string of the molecule is Cn1nnnc1SCC(=O)N1NC2=C(CCCC2=Cc2ccc(Cl)cc2)[C@@H]1c1ccc(Cl)cc1. The second-order valence-corrected chi connectivity index (χ2v) is 9.99. The van der Waals surface area contributed by atoms with Crippen LogP contribution >= 0.6 is 35.0 Å². The number of benzene rings is 2. The van der Waals surface area contributed by atoms with E-state index in [4.69, 9.17) is 23.2 Å². The van der Waals surface area contributed by atoms with Crippen molar-refractivity contribution in [1.82, 2.24) is 30.6 Å². The van der Waals surface area contributed by atoms with E-state index in [-0.39, 0.29) is 17.7 Å². The van der Waals surface area contributed by atoms with Gasteiger partial charge in [0.25, 0.3) is 5.91 Å². The molecule has 0 bridgehead atoms. The fourth-order valence-corrected chi connectivity index (χ4v) is 5.29. The molecule has 2 aliphatic rings. The Labute approximate surface area is 211 Å². The maximum Gasteiger partial charge on any atom is 0.252 e. The lowest BCUT2D eigenvalue weighted by atomic mass is 9.86. The number of hydrogen-bond donors (Lipinski definition) is 1. The smallest absolute Gasteiger partial charge is 0.252 e. The Morgan fingerprint density at radius 1 is 1.12 bits per heavy atom. The molecule has 0 saturated heterocycles. The van der Waals surface area contributed by atoms with Crippen molar-refractivity contribution in [3.63, 3.8) is 0 Å². The number of hydrogen-bond acceptors (Lipinski definition) is 6. The van der Waals surface area contributed by atoms with Gasteiger partial charge < -0.3 is 0 Å². The number of allylic oxidation sites excluding steroid dienone is 1. The van der Waals surface area contributed by atoms with Crippen LogP contribution in [0.1, 0.15) is 36.4 Å². The summed E-state index contributed by atoms with van der Waals surface area (Å²) in [5, 5.41) is 15.2. The second kappa shape index (κ2) is 9.82. The van der Waals surface area contributed by atoms with Crippen molar-refractivity contribution in [3.8, 4) is 0 Å². The summed E-state index contributed by atoms with van der Waals surface area (Å²) in [6.07, 6.45) is 5.04. The van der Waals surface area contributed by atoms with Crippen LogP contribution in [-0.4, -0.2) is 36.9 Å². The zero-order valence-electron chi connectivity index (χ0n) is 18.4. The summed E-state index contributed by atoms with van der Waals surface area (Å²) in [5.41, 5.74) is 8.97. The monoisotopic (exact) mass is 512 g/mol. The van der Waals surface area contributed by atoms with Crippen molar-refractivity contribution in [1.29, 1.82) is 0 Å². The minimum absolute atomic E-state index is 0.0480. The lowest BCUT2D eigenvalue weighted by Gasteiger charge is -2.27. The summed E-state index contributed by atoms with van der Waals surface area (Å²) in [7, 11) is 1.76. The highest BCUT2D eigenvalue weighted by atomic mass is 35.5. The Balaban J connectivity index is 1.47.